The second-order valence-electron chi connectivity index (χ2n) is 15.4. The number of hydrogen-bond donors (Lipinski definition) is 0. The van der Waals surface area contributed by atoms with Crippen LogP contribution in [-0.2, 0) is 9.47 Å². The van der Waals surface area contributed by atoms with Crippen LogP contribution >= 0.6 is 0 Å². The van der Waals surface area contributed by atoms with E-state index in [1.165, 1.54) is 54.5 Å². The molecular weight excluding hydrogens is 500 g/mol. The molecule has 6 unspecified atom stereocenters. The Balaban J connectivity index is 1.16. The van der Waals surface area contributed by atoms with E-state index in [1.54, 1.807) is 5.57 Å². The highest BCUT2D eigenvalue weighted by molar-refractivity contribution is 5.62. The van der Waals surface area contributed by atoms with Crippen molar-refractivity contribution in [3.8, 4) is 0 Å². The third kappa shape index (κ3) is 4.06. The Bertz CT molecular complexity index is 1450. The van der Waals surface area contributed by atoms with Gasteiger partial charge in [-0.25, -0.2) is 0 Å². The molecule has 2 bridgehead atoms. The molecule has 4 saturated carbocycles. The Morgan fingerprint density at radius 2 is 1.68 bits per heavy atom. The number of fused-ring (bicyclic) bond motifs is 3. The minimum absolute atomic E-state index is 0.00565. The van der Waals surface area contributed by atoms with Gasteiger partial charge >= 0.3 is 0 Å². The minimum atomic E-state index is -0.337. The van der Waals surface area contributed by atoms with E-state index < -0.39 is 0 Å². The number of ether oxygens (including phenoxy) is 2. The summed E-state index contributed by atoms with van der Waals surface area (Å²) in [5.41, 5.74) is 3.57. The van der Waals surface area contributed by atoms with Gasteiger partial charge < -0.3 is 9.47 Å². The van der Waals surface area contributed by atoms with Crippen LogP contribution in [0, 0.1) is 52.8 Å². The summed E-state index contributed by atoms with van der Waals surface area (Å²) in [6.07, 6.45) is 26.0. The van der Waals surface area contributed by atoms with Crippen molar-refractivity contribution in [1.82, 2.24) is 0 Å². The molecular formula is C39H48O2. The third-order valence-corrected chi connectivity index (χ3v) is 12.5. The van der Waals surface area contributed by atoms with E-state index in [4.69, 9.17) is 9.47 Å². The monoisotopic (exact) mass is 548 g/mol. The van der Waals surface area contributed by atoms with Gasteiger partial charge in [-0.2, -0.15) is 0 Å². The van der Waals surface area contributed by atoms with Crippen LogP contribution in [0.2, 0.25) is 0 Å². The van der Waals surface area contributed by atoms with Gasteiger partial charge in [0.25, 0.3) is 0 Å². The molecule has 0 saturated heterocycles. The first-order chi connectivity index (χ1) is 19.8. The molecule has 2 nitrogen and oxygen atoms in total. The van der Waals surface area contributed by atoms with E-state index in [0.29, 0.717) is 23.2 Å². The van der Waals surface area contributed by atoms with E-state index in [2.05, 4.69) is 94.5 Å². The summed E-state index contributed by atoms with van der Waals surface area (Å²) in [6.45, 7) is 9.49. The zero-order chi connectivity index (χ0) is 27.9. The van der Waals surface area contributed by atoms with Crippen LogP contribution in [0.5, 0.6) is 0 Å². The van der Waals surface area contributed by atoms with Crippen LogP contribution in [0.1, 0.15) is 79.1 Å². The van der Waals surface area contributed by atoms with Gasteiger partial charge in [0.15, 0.2) is 0 Å². The maximum Gasteiger partial charge on any atom is 0.224 e. The van der Waals surface area contributed by atoms with Crippen molar-refractivity contribution in [1.29, 1.82) is 0 Å². The fourth-order valence-electron chi connectivity index (χ4n) is 10.7. The molecule has 41 heavy (non-hydrogen) atoms. The molecule has 6 atom stereocenters. The van der Waals surface area contributed by atoms with Gasteiger partial charge in [0, 0.05) is 23.8 Å². The quantitative estimate of drug-likeness (QED) is 0.293. The average molecular weight is 549 g/mol. The Labute approximate surface area is 247 Å². The minimum Gasteiger partial charge on any atom is -0.465 e. The first-order valence-electron chi connectivity index (χ1n) is 16.8. The Kier molecular flexibility index (Phi) is 6.16. The van der Waals surface area contributed by atoms with E-state index in [9.17, 15) is 0 Å². The molecule has 1 aromatic rings. The number of allylic oxidation sites excluding steroid dienone is 8. The molecule has 1 aromatic carbocycles. The van der Waals surface area contributed by atoms with Crippen LogP contribution in [0.25, 0.3) is 11.6 Å². The Morgan fingerprint density at radius 3 is 2.37 bits per heavy atom. The SMILES string of the molecule is CC(C)CC(C1=CC=C(OC(OC23CC4CC5CC(C2)C54C3)C2=c3ccccc3=CC3C=CC=CC23)CC1)C(C)C. The topological polar surface area (TPSA) is 18.5 Å². The van der Waals surface area contributed by atoms with Crippen LogP contribution in [0.3, 0.4) is 0 Å². The predicted octanol–water partition coefficient (Wildman–Crippen LogP) is 7.85. The molecule has 2 heteroatoms. The van der Waals surface area contributed by atoms with E-state index in [0.717, 1.165) is 42.3 Å². The summed E-state index contributed by atoms with van der Waals surface area (Å²) in [6, 6.07) is 8.94. The summed E-state index contributed by atoms with van der Waals surface area (Å²) in [7, 11) is 0. The summed E-state index contributed by atoms with van der Waals surface area (Å²) in [5.74, 6) is 6.57. The molecule has 0 aliphatic heterocycles. The van der Waals surface area contributed by atoms with Crippen molar-refractivity contribution in [2.75, 3.05) is 0 Å². The van der Waals surface area contributed by atoms with Gasteiger partial charge in [0.05, 0.1) is 5.60 Å². The second-order valence-corrected chi connectivity index (χ2v) is 15.4. The van der Waals surface area contributed by atoms with Gasteiger partial charge in [-0.1, -0.05) is 94.0 Å². The molecule has 0 amide bonds. The lowest BCUT2D eigenvalue weighted by atomic mass is 9.38. The molecule has 0 heterocycles. The van der Waals surface area contributed by atoms with Crippen molar-refractivity contribution in [3.05, 3.63) is 82.5 Å². The molecule has 7 aliphatic carbocycles. The van der Waals surface area contributed by atoms with Gasteiger partial charge in [0.2, 0.25) is 6.29 Å². The second kappa shape index (κ2) is 9.60. The molecule has 0 N–H and O–H groups in total. The molecule has 216 valence electrons. The van der Waals surface area contributed by atoms with Crippen molar-refractivity contribution in [2.45, 2.75) is 91.0 Å². The first-order valence-corrected chi connectivity index (χ1v) is 16.8. The predicted molar refractivity (Wildman–Crippen MR) is 167 cm³/mol. The average Bonchev–Trinajstić information content (AvgIpc) is 3.42. The van der Waals surface area contributed by atoms with E-state index >= 15 is 0 Å². The van der Waals surface area contributed by atoms with Crippen LogP contribution in [-0.4, -0.2) is 11.9 Å². The van der Waals surface area contributed by atoms with Crippen LogP contribution in [0.15, 0.2) is 72.1 Å². The number of rotatable bonds is 9. The van der Waals surface area contributed by atoms with Gasteiger partial charge in [-0.3, -0.25) is 0 Å². The van der Waals surface area contributed by atoms with Crippen LogP contribution < -0.4 is 10.4 Å². The molecule has 7 aliphatic rings. The Morgan fingerprint density at radius 1 is 0.902 bits per heavy atom. The molecule has 4 fully saturated rings. The highest BCUT2D eigenvalue weighted by atomic mass is 16.7. The van der Waals surface area contributed by atoms with Gasteiger partial charge in [0.1, 0.15) is 5.76 Å². The van der Waals surface area contributed by atoms with Crippen molar-refractivity contribution >= 4 is 11.6 Å². The maximum atomic E-state index is 7.48. The largest absolute Gasteiger partial charge is 0.465 e. The maximum absolute atomic E-state index is 7.48. The smallest absolute Gasteiger partial charge is 0.224 e. The molecule has 1 spiro atoms. The molecule has 0 radical (unpaired) electrons. The zero-order valence-electron chi connectivity index (χ0n) is 25.5. The third-order valence-electron chi connectivity index (χ3n) is 12.5. The molecule has 8 rings (SSSR count). The Hall–Kier alpha value is -2.32. The lowest BCUT2D eigenvalue weighted by Gasteiger charge is -2.66. The fourth-order valence-corrected chi connectivity index (χ4v) is 10.7. The lowest BCUT2D eigenvalue weighted by Crippen LogP contribution is -2.59. The van der Waals surface area contributed by atoms with Gasteiger partial charge in [-0.15, -0.1) is 0 Å². The highest BCUT2D eigenvalue weighted by Gasteiger charge is 2.78. The van der Waals surface area contributed by atoms with Crippen molar-refractivity contribution < 1.29 is 9.47 Å². The van der Waals surface area contributed by atoms with Crippen LogP contribution in [0.4, 0.5) is 0 Å². The number of benzene rings is 1. The highest BCUT2D eigenvalue weighted by Crippen LogP contribution is 2.83. The summed E-state index contributed by atoms with van der Waals surface area (Å²) in [4.78, 5) is 0. The standard InChI is InChI=1S/C39H48O2/c1-24(2)17-35(25(3)4)26-13-15-32(16-14-26)40-37(41-38-21-30-19-29-20-31(22-38)39(29,30)23-38)36-33-11-7-5-9-27(33)18-28-10-6-8-12-34(28)36/h5-13,15,18,24-25,27,29-31,33,35,37H,14,16-17,19-23H2,1-4H3. The summed E-state index contributed by atoms with van der Waals surface area (Å²) >= 11 is 0. The zero-order valence-corrected chi connectivity index (χ0v) is 25.5. The van der Waals surface area contributed by atoms with E-state index in [1.807, 2.05) is 0 Å². The van der Waals surface area contributed by atoms with Crippen molar-refractivity contribution in [2.24, 2.45) is 52.8 Å². The summed E-state index contributed by atoms with van der Waals surface area (Å²) in [5, 5.41) is 2.64. The first kappa shape index (κ1) is 26.3. The number of hydrogen-bond acceptors (Lipinski definition) is 2. The fraction of sp³-hybridized carbons (Fsp3) is 0.590. The van der Waals surface area contributed by atoms with Crippen molar-refractivity contribution in [3.63, 3.8) is 0 Å². The summed E-state index contributed by atoms with van der Waals surface area (Å²) < 4.78 is 14.6. The van der Waals surface area contributed by atoms with E-state index in [-0.39, 0.29) is 17.8 Å². The lowest BCUT2D eigenvalue weighted by molar-refractivity contribution is -0.199. The van der Waals surface area contributed by atoms with Gasteiger partial charge in [-0.05, 0) is 102 Å². The normalized spacial score (nSPS) is 38.7. The molecule has 0 aromatic heterocycles.